The molecule has 0 N–H and O–H groups in total. The highest BCUT2D eigenvalue weighted by atomic mass is 79.9. The highest BCUT2D eigenvalue weighted by molar-refractivity contribution is 9.10. The summed E-state index contributed by atoms with van der Waals surface area (Å²) in [6.07, 6.45) is 0. The molecule has 3 heteroatoms. The maximum atomic E-state index is 5.51. The van der Waals surface area contributed by atoms with Crippen LogP contribution >= 0.6 is 15.9 Å². The summed E-state index contributed by atoms with van der Waals surface area (Å²) in [5.74, 6) is 1.70. The topological polar surface area (TPSA) is 22.4 Å². The number of benzene rings is 1. The van der Waals surface area contributed by atoms with Gasteiger partial charge in [0.05, 0.1) is 7.11 Å². The van der Waals surface area contributed by atoms with Gasteiger partial charge in [0, 0.05) is 5.39 Å². The van der Waals surface area contributed by atoms with Crippen LogP contribution in [0.5, 0.6) is 5.75 Å². The van der Waals surface area contributed by atoms with Gasteiger partial charge in [0.1, 0.15) is 16.0 Å². The molecule has 68 valence electrons. The van der Waals surface area contributed by atoms with Crippen molar-refractivity contribution in [3.63, 3.8) is 0 Å². The molecule has 1 aromatic heterocycles. The van der Waals surface area contributed by atoms with Crippen LogP contribution in [-0.4, -0.2) is 7.11 Å². The van der Waals surface area contributed by atoms with Crippen molar-refractivity contribution >= 4 is 26.9 Å². The van der Waals surface area contributed by atoms with Crippen molar-refractivity contribution in [2.45, 2.75) is 6.92 Å². The third-order valence-electron chi connectivity index (χ3n) is 1.93. The molecule has 2 aromatic rings. The molecule has 0 spiro atoms. The lowest BCUT2D eigenvalue weighted by Crippen LogP contribution is -1.83. The Hall–Kier alpha value is -0.960. The van der Waals surface area contributed by atoms with Crippen LogP contribution in [-0.2, 0) is 0 Å². The molecular weight excluding hydrogens is 232 g/mol. The number of methoxy groups -OCH3 is 1. The Morgan fingerprint density at radius 2 is 2.15 bits per heavy atom. The number of hydrogen-bond donors (Lipinski definition) is 0. The molecule has 0 unspecified atom stereocenters. The Kier molecular flexibility index (Phi) is 2.04. The van der Waals surface area contributed by atoms with Gasteiger partial charge in [0.25, 0.3) is 0 Å². The molecule has 1 heterocycles. The largest absolute Gasteiger partial charge is 0.495 e. The second-order valence-corrected chi connectivity index (χ2v) is 3.65. The number of ether oxygens (including phenoxy) is 1. The van der Waals surface area contributed by atoms with E-state index in [-0.39, 0.29) is 0 Å². The average molecular weight is 241 g/mol. The van der Waals surface area contributed by atoms with Crippen molar-refractivity contribution in [2.75, 3.05) is 7.11 Å². The quantitative estimate of drug-likeness (QED) is 0.762. The first-order valence-corrected chi connectivity index (χ1v) is 4.74. The number of rotatable bonds is 1. The molecule has 2 rings (SSSR count). The number of halogens is 1. The van der Waals surface area contributed by atoms with Gasteiger partial charge in [0.2, 0.25) is 0 Å². The molecular formula is C10H9BrO2. The van der Waals surface area contributed by atoms with E-state index in [9.17, 15) is 0 Å². The van der Waals surface area contributed by atoms with Crippen molar-refractivity contribution in [3.05, 3.63) is 28.4 Å². The lowest BCUT2D eigenvalue weighted by atomic mass is 10.2. The van der Waals surface area contributed by atoms with E-state index in [0.717, 1.165) is 27.0 Å². The molecule has 0 amide bonds. The zero-order valence-electron chi connectivity index (χ0n) is 7.43. The SMILES string of the molecule is COc1ccc2cc(C)oc2c1Br. The summed E-state index contributed by atoms with van der Waals surface area (Å²) in [7, 11) is 1.64. The fourth-order valence-electron chi connectivity index (χ4n) is 1.34. The van der Waals surface area contributed by atoms with Gasteiger partial charge in [-0.2, -0.15) is 0 Å². The van der Waals surface area contributed by atoms with E-state index in [1.807, 2.05) is 25.1 Å². The second kappa shape index (κ2) is 3.07. The minimum atomic E-state index is 0.793. The first-order chi connectivity index (χ1) is 6.22. The molecule has 1 aromatic carbocycles. The summed E-state index contributed by atoms with van der Waals surface area (Å²) >= 11 is 3.44. The smallest absolute Gasteiger partial charge is 0.152 e. The monoisotopic (exact) mass is 240 g/mol. The molecule has 0 aliphatic rings. The molecule has 0 saturated heterocycles. The van der Waals surface area contributed by atoms with Gasteiger partial charge in [-0.3, -0.25) is 0 Å². The van der Waals surface area contributed by atoms with Gasteiger partial charge in [-0.05, 0) is 41.1 Å². The molecule has 0 aliphatic heterocycles. The van der Waals surface area contributed by atoms with Crippen LogP contribution in [0.15, 0.2) is 27.1 Å². The summed E-state index contributed by atoms with van der Waals surface area (Å²) in [4.78, 5) is 0. The molecule has 0 aliphatic carbocycles. The fraction of sp³-hybridized carbons (Fsp3) is 0.200. The van der Waals surface area contributed by atoms with Crippen LogP contribution in [0.2, 0.25) is 0 Å². The Bertz CT molecular complexity index is 445. The summed E-state index contributed by atoms with van der Waals surface area (Å²) in [5.41, 5.74) is 0.844. The third-order valence-corrected chi connectivity index (χ3v) is 2.68. The lowest BCUT2D eigenvalue weighted by molar-refractivity contribution is 0.411. The molecule has 0 radical (unpaired) electrons. The summed E-state index contributed by atoms with van der Waals surface area (Å²) in [5, 5.41) is 1.09. The molecule has 13 heavy (non-hydrogen) atoms. The molecule has 2 nitrogen and oxygen atoms in total. The Balaban J connectivity index is 2.78. The van der Waals surface area contributed by atoms with E-state index in [4.69, 9.17) is 9.15 Å². The summed E-state index contributed by atoms with van der Waals surface area (Å²) in [6, 6.07) is 5.90. The highest BCUT2D eigenvalue weighted by Crippen LogP contribution is 2.34. The van der Waals surface area contributed by atoms with E-state index >= 15 is 0 Å². The van der Waals surface area contributed by atoms with Crippen LogP contribution in [0.3, 0.4) is 0 Å². The number of aryl methyl sites for hydroxylation is 1. The van der Waals surface area contributed by atoms with Crippen molar-refractivity contribution in [3.8, 4) is 5.75 Å². The standard InChI is InChI=1S/C10H9BrO2/c1-6-5-7-3-4-8(12-2)9(11)10(7)13-6/h3-5H,1-2H3. The second-order valence-electron chi connectivity index (χ2n) is 2.86. The van der Waals surface area contributed by atoms with Crippen molar-refractivity contribution in [1.82, 2.24) is 0 Å². The Morgan fingerprint density at radius 1 is 1.38 bits per heavy atom. The van der Waals surface area contributed by atoms with Gasteiger partial charge < -0.3 is 9.15 Å². The maximum Gasteiger partial charge on any atom is 0.152 e. The van der Waals surface area contributed by atoms with E-state index in [2.05, 4.69) is 15.9 Å². The van der Waals surface area contributed by atoms with E-state index in [0.29, 0.717) is 0 Å². The first kappa shape index (κ1) is 8.63. The predicted octanol–water partition coefficient (Wildman–Crippen LogP) is 3.51. The average Bonchev–Trinajstić information content (AvgIpc) is 2.47. The normalized spacial score (nSPS) is 10.7. The van der Waals surface area contributed by atoms with Gasteiger partial charge in [-0.1, -0.05) is 0 Å². The van der Waals surface area contributed by atoms with Crippen LogP contribution in [0.4, 0.5) is 0 Å². The van der Waals surface area contributed by atoms with E-state index < -0.39 is 0 Å². The predicted molar refractivity (Wildman–Crippen MR) is 55.2 cm³/mol. The zero-order valence-corrected chi connectivity index (χ0v) is 9.01. The van der Waals surface area contributed by atoms with Crippen molar-refractivity contribution < 1.29 is 9.15 Å². The van der Waals surface area contributed by atoms with Crippen LogP contribution in [0.25, 0.3) is 11.0 Å². The van der Waals surface area contributed by atoms with Crippen LogP contribution in [0.1, 0.15) is 5.76 Å². The maximum absolute atomic E-state index is 5.51. The molecule has 0 saturated carbocycles. The van der Waals surface area contributed by atoms with Gasteiger partial charge >= 0.3 is 0 Å². The summed E-state index contributed by atoms with van der Waals surface area (Å²) < 4.78 is 11.5. The number of fused-ring (bicyclic) bond motifs is 1. The lowest BCUT2D eigenvalue weighted by Gasteiger charge is -2.01. The van der Waals surface area contributed by atoms with Crippen molar-refractivity contribution in [2.24, 2.45) is 0 Å². The molecule has 0 bridgehead atoms. The van der Waals surface area contributed by atoms with E-state index in [1.54, 1.807) is 7.11 Å². The Labute approximate surface area is 84.6 Å². The highest BCUT2D eigenvalue weighted by Gasteiger charge is 2.08. The van der Waals surface area contributed by atoms with E-state index in [1.165, 1.54) is 0 Å². The van der Waals surface area contributed by atoms with Gasteiger partial charge in [-0.15, -0.1) is 0 Å². The van der Waals surface area contributed by atoms with Crippen LogP contribution in [0, 0.1) is 6.92 Å². The minimum absolute atomic E-state index is 0.793. The fourth-order valence-corrected chi connectivity index (χ4v) is 1.94. The molecule has 0 fully saturated rings. The number of furan rings is 1. The third kappa shape index (κ3) is 1.33. The summed E-state index contributed by atoms with van der Waals surface area (Å²) in [6.45, 7) is 1.93. The van der Waals surface area contributed by atoms with Gasteiger partial charge in [-0.25, -0.2) is 0 Å². The van der Waals surface area contributed by atoms with Crippen molar-refractivity contribution in [1.29, 1.82) is 0 Å². The zero-order chi connectivity index (χ0) is 9.42. The van der Waals surface area contributed by atoms with Crippen LogP contribution < -0.4 is 4.74 Å². The molecule has 0 atom stereocenters. The number of hydrogen-bond acceptors (Lipinski definition) is 2. The minimum Gasteiger partial charge on any atom is -0.495 e. The van der Waals surface area contributed by atoms with Gasteiger partial charge in [0.15, 0.2) is 5.58 Å². The Morgan fingerprint density at radius 3 is 2.85 bits per heavy atom. The first-order valence-electron chi connectivity index (χ1n) is 3.95.